The van der Waals surface area contributed by atoms with E-state index in [1.807, 2.05) is 58.2 Å². The number of aromatic nitrogens is 6. The Labute approximate surface area is 198 Å². The number of ether oxygens (including phenoxy) is 2. The molecule has 9 nitrogen and oxygen atoms in total. The van der Waals surface area contributed by atoms with Crippen LogP contribution >= 0.6 is 0 Å². The van der Waals surface area contributed by atoms with Crippen molar-refractivity contribution in [3.63, 3.8) is 0 Å². The maximum atomic E-state index is 12.5. The quantitative estimate of drug-likeness (QED) is 0.398. The molecule has 4 rings (SSSR count). The van der Waals surface area contributed by atoms with Crippen LogP contribution in [-0.2, 0) is 27.1 Å². The summed E-state index contributed by atoms with van der Waals surface area (Å²) in [7, 11) is 3.47. The van der Waals surface area contributed by atoms with Crippen molar-refractivity contribution < 1.29 is 9.47 Å². The van der Waals surface area contributed by atoms with Gasteiger partial charge < -0.3 is 9.47 Å². The molecular weight excluding hydrogens is 432 g/mol. The first kappa shape index (κ1) is 23.3. The Morgan fingerprint density at radius 1 is 0.971 bits per heavy atom. The molecular formula is C25H30N6O3. The summed E-state index contributed by atoms with van der Waals surface area (Å²) in [6.07, 6.45) is 0.806. The fourth-order valence-electron chi connectivity index (χ4n) is 4.12. The molecule has 178 valence electrons. The van der Waals surface area contributed by atoms with Crippen molar-refractivity contribution >= 4 is 0 Å². The fourth-order valence-corrected chi connectivity index (χ4v) is 4.12. The second kappa shape index (κ2) is 9.54. The highest BCUT2D eigenvalue weighted by molar-refractivity contribution is 5.67. The van der Waals surface area contributed by atoms with E-state index in [1.54, 1.807) is 11.7 Å². The van der Waals surface area contributed by atoms with Gasteiger partial charge in [0.2, 0.25) is 5.88 Å². The van der Waals surface area contributed by atoms with Gasteiger partial charge in [0.15, 0.2) is 0 Å². The molecule has 9 heteroatoms. The smallest absolute Gasteiger partial charge is 0.368 e. The van der Waals surface area contributed by atoms with Crippen LogP contribution in [0.25, 0.3) is 16.9 Å². The molecule has 0 atom stereocenters. The van der Waals surface area contributed by atoms with E-state index < -0.39 is 0 Å². The van der Waals surface area contributed by atoms with E-state index in [-0.39, 0.29) is 5.69 Å². The molecule has 0 saturated carbocycles. The molecule has 4 aromatic rings. The third-order valence-electron chi connectivity index (χ3n) is 5.90. The van der Waals surface area contributed by atoms with Gasteiger partial charge in [-0.3, -0.25) is 0 Å². The molecule has 0 N–H and O–H groups in total. The van der Waals surface area contributed by atoms with Gasteiger partial charge in [-0.05, 0) is 73.0 Å². The Balaban J connectivity index is 1.63. The monoisotopic (exact) mass is 462 g/mol. The van der Waals surface area contributed by atoms with Crippen molar-refractivity contribution in [1.29, 1.82) is 0 Å². The van der Waals surface area contributed by atoms with Gasteiger partial charge in [-0.15, -0.1) is 0 Å². The normalized spacial score (nSPS) is 11.1. The van der Waals surface area contributed by atoms with Crippen LogP contribution in [0.15, 0.2) is 41.2 Å². The van der Waals surface area contributed by atoms with Gasteiger partial charge in [-0.1, -0.05) is 19.1 Å². The van der Waals surface area contributed by atoms with E-state index in [4.69, 9.17) is 9.47 Å². The van der Waals surface area contributed by atoms with Gasteiger partial charge in [0.25, 0.3) is 0 Å². The van der Waals surface area contributed by atoms with Crippen LogP contribution in [0, 0.1) is 13.8 Å². The zero-order valence-electron chi connectivity index (χ0n) is 20.5. The molecule has 2 heterocycles. The maximum absolute atomic E-state index is 12.5. The van der Waals surface area contributed by atoms with Crippen LogP contribution in [0.1, 0.15) is 36.1 Å². The number of benzene rings is 2. The maximum Gasteiger partial charge on any atom is 0.368 e. The van der Waals surface area contributed by atoms with E-state index in [1.165, 1.54) is 9.36 Å². The zero-order chi connectivity index (χ0) is 24.4. The van der Waals surface area contributed by atoms with Crippen LogP contribution < -0.4 is 15.2 Å². The van der Waals surface area contributed by atoms with E-state index in [2.05, 4.69) is 28.5 Å². The molecule has 2 aromatic heterocycles. The summed E-state index contributed by atoms with van der Waals surface area (Å²) in [5, 5.41) is 12.5. The standard InChI is InChI=1S/C25H30N6O3/c1-7-18-10-9-11-21(31-25(32)30(6)27-28-31)20(18)15-34-22-13-12-19(14-16(22)3)23-17(4)24(33-8-2)29(5)26-23/h9-14H,7-8,15H2,1-6H3. The molecule has 0 amide bonds. The number of rotatable bonds is 8. The lowest BCUT2D eigenvalue weighted by atomic mass is 10.0. The highest BCUT2D eigenvalue weighted by Gasteiger charge is 2.17. The van der Waals surface area contributed by atoms with Crippen molar-refractivity contribution in [2.45, 2.75) is 40.7 Å². The third kappa shape index (κ3) is 4.21. The lowest BCUT2D eigenvalue weighted by molar-refractivity contribution is 0.302. The van der Waals surface area contributed by atoms with Crippen LogP contribution in [0.3, 0.4) is 0 Å². The van der Waals surface area contributed by atoms with E-state index in [0.29, 0.717) is 18.9 Å². The summed E-state index contributed by atoms with van der Waals surface area (Å²) >= 11 is 0. The molecule has 0 radical (unpaired) electrons. The Kier molecular flexibility index (Phi) is 6.54. The largest absolute Gasteiger partial charge is 0.489 e. The summed E-state index contributed by atoms with van der Waals surface area (Å²) in [4.78, 5) is 12.5. The van der Waals surface area contributed by atoms with Crippen LogP contribution in [0.5, 0.6) is 11.6 Å². The van der Waals surface area contributed by atoms with Crippen molar-refractivity contribution in [2.75, 3.05) is 6.61 Å². The number of nitrogens with zero attached hydrogens (tertiary/aromatic N) is 6. The van der Waals surface area contributed by atoms with Crippen molar-refractivity contribution in [3.8, 4) is 28.6 Å². The number of hydrogen-bond acceptors (Lipinski definition) is 6. The molecule has 0 spiro atoms. The molecule has 0 bridgehead atoms. The number of hydrogen-bond donors (Lipinski definition) is 0. The molecule has 0 fully saturated rings. The van der Waals surface area contributed by atoms with Crippen molar-refractivity contribution in [3.05, 3.63) is 69.1 Å². The first-order chi connectivity index (χ1) is 16.3. The first-order valence-electron chi connectivity index (χ1n) is 11.4. The van der Waals surface area contributed by atoms with Gasteiger partial charge >= 0.3 is 5.69 Å². The summed E-state index contributed by atoms with van der Waals surface area (Å²) < 4.78 is 16.3. The minimum absolute atomic E-state index is 0.299. The Morgan fingerprint density at radius 3 is 2.41 bits per heavy atom. The predicted octanol–water partition coefficient (Wildman–Crippen LogP) is 3.52. The summed E-state index contributed by atoms with van der Waals surface area (Å²) in [5.74, 6) is 1.55. The molecule has 0 aliphatic heterocycles. The molecule has 2 aromatic carbocycles. The van der Waals surface area contributed by atoms with Crippen LogP contribution in [0.2, 0.25) is 0 Å². The average molecular weight is 463 g/mol. The second-order valence-electron chi connectivity index (χ2n) is 8.17. The Morgan fingerprint density at radius 2 is 1.76 bits per heavy atom. The minimum atomic E-state index is -0.299. The van der Waals surface area contributed by atoms with Gasteiger partial charge in [-0.2, -0.15) is 14.5 Å². The molecule has 34 heavy (non-hydrogen) atoms. The lowest BCUT2D eigenvalue weighted by Gasteiger charge is -2.15. The van der Waals surface area contributed by atoms with Crippen LogP contribution in [-0.4, -0.2) is 36.2 Å². The van der Waals surface area contributed by atoms with E-state index in [0.717, 1.165) is 51.6 Å². The van der Waals surface area contributed by atoms with Crippen LogP contribution in [0.4, 0.5) is 0 Å². The number of aryl methyl sites for hydroxylation is 4. The van der Waals surface area contributed by atoms with Gasteiger partial charge in [-0.25, -0.2) is 9.48 Å². The Hall–Kier alpha value is -3.88. The lowest BCUT2D eigenvalue weighted by Crippen LogP contribution is -2.23. The average Bonchev–Trinajstić information content (AvgIpc) is 3.31. The molecule has 0 aliphatic rings. The van der Waals surface area contributed by atoms with Gasteiger partial charge in [0.1, 0.15) is 12.4 Å². The zero-order valence-corrected chi connectivity index (χ0v) is 20.5. The highest BCUT2D eigenvalue weighted by Crippen LogP contribution is 2.32. The molecule has 0 aliphatic carbocycles. The topological polar surface area (TPSA) is 89.0 Å². The summed E-state index contributed by atoms with van der Waals surface area (Å²) in [6.45, 7) is 8.97. The second-order valence-corrected chi connectivity index (χ2v) is 8.17. The highest BCUT2D eigenvalue weighted by atomic mass is 16.5. The summed E-state index contributed by atoms with van der Waals surface area (Å²) in [6, 6.07) is 11.9. The Bertz CT molecular complexity index is 1380. The van der Waals surface area contributed by atoms with Crippen molar-refractivity contribution in [1.82, 2.24) is 29.6 Å². The minimum Gasteiger partial charge on any atom is -0.489 e. The SMILES string of the molecule is CCOc1c(C)c(-c2ccc(OCc3c(CC)cccc3-n3nnn(C)c3=O)c(C)c2)nn1C. The fraction of sp³-hybridized carbons (Fsp3) is 0.360. The predicted molar refractivity (Wildman–Crippen MR) is 130 cm³/mol. The van der Waals surface area contributed by atoms with E-state index >= 15 is 0 Å². The first-order valence-corrected chi connectivity index (χ1v) is 11.4. The van der Waals surface area contributed by atoms with Gasteiger partial charge in [0, 0.05) is 30.8 Å². The molecule has 0 saturated heterocycles. The molecule has 0 unspecified atom stereocenters. The van der Waals surface area contributed by atoms with Crippen molar-refractivity contribution in [2.24, 2.45) is 14.1 Å². The summed E-state index contributed by atoms with van der Waals surface area (Å²) in [5.41, 5.74) is 6.29. The van der Waals surface area contributed by atoms with Gasteiger partial charge in [0.05, 0.1) is 18.0 Å². The third-order valence-corrected chi connectivity index (χ3v) is 5.90. The number of tetrazole rings is 1. The van der Waals surface area contributed by atoms with E-state index in [9.17, 15) is 4.79 Å².